The van der Waals surface area contributed by atoms with Crippen molar-refractivity contribution in [2.45, 2.75) is 0 Å². The van der Waals surface area contributed by atoms with Crippen molar-refractivity contribution in [3.63, 3.8) is 0 Å². The lowest BCUT2D eigenvalue weighted by molar-refractivity contribution is 0.197. The Balaban J connectivity index is 1.71. The number of benzene rings is 1. The number of nitrogens with one attached hydrogen (secondary N) is 1. The van der Waals surface area contributed by atoms with Gasteiger partial charge in [-0.15, -0.1) is 0 Å². The molecule has 0 aliphatic heterocycles. The Morgan fingerprint density at radius 3 is 2.91 bits per heavy atom. The van der Waals surface area contributed by atoms with Gasteiger partial charge in [-0.05, 0) is 30.2 Å². The Morgan fingerprint density at radius 2 is 2.09 bits per heavy atom. The molecule has 23 heavy (non-hydrogen) atoms. The molecule has 0 saturated carbocycles. The second-order valence-corrected chi connectivity index (χ2v) is 4.96. The number of aromatic nitrogens is 4. The zero-order chi connectivity index (χ0) is 15.8. The Bertz CT molecular complexity index is 1080. The van der Waals surface area contributed by atoms with E-state index in [1.807, 2.05) is 24.3 Å². The number of hydrogen-bond donors (Lipinski definition) is 2. The van der Waals surface area contributed by atoms with Crippen molar-refractivity contribution in [1.29, 1.82) is 0 Å². The summed E-state index contributed by atoms with van der Waals surface area (Å²) in [6.45, 7) is 0. The molecule has 0 radical (unpaired) electrons. The number of pyridine rings is 1. The van der Waals surface area contributed by atoms with Crippen LogP contribution < -0.4 is 0 Å². The molecule has 0 atom stereocenters. The Hall–Kier alpha value is -3.59. The average molecular weight is 302 g/mol. The molecule has 4 rings (SSSR count). The largest absolute Gasteiger partial charge is 0.464 e. The molecule has 0 saturated heterocycles. The van der Waals surface area contributed by atoms with Gasteiger partial charge in [0, 0.05) is 23.3 Å². The van der Waals surface area contributed by atoms with Crippen LogP contribution in [0.3, 0.4) is 0 Å². The van der Waals surface area contributed by atoms with Gasteiger partial charge in [-0.25, -0.2) is 19.3 Å². The fraction of sp³-hybridized carbons (Fsp3) is 0. The predicted octanol–water partition coefficient (Wildman–Crippen LogP) is 2.84. The van der Waals surface area contributed by atoms with Crippen molar-refractivity contribution in [2.24, 2.45) is 0 Å². The molecule has 4 aromatic rings. The molecule has 0 bridgehead atoms. The van der Waals surface area contributed by atoms with Crippen LogP contribution >= 0.6 is 0 Å². The molecular weight excluding hydrogens is 292 g/mol. The van der Waals surface area contributed by atoms with Crippen LogP contribution in [0, 0.1) is 11.8 Å². The number of aromatic amines is 1. The third-order valence-electron chi connectivity index (χ3n) is 3.45. The Morgan fingerprint density at radius 1 is 1.22 bits per heavy atom. The molecule has 6 heteroatoms. The highest BCUT2D eigenvalue weighted by molar-refractivity contribution is 5.86. The number of carbonyl (C=O) groups is 1. The van der Waals surface area contributed by atoms with Gasteiger partial charge in [-0.2, -0.15) is 0 Å². The number of H-pyrrole nitrogens is 1. The van der Waals surface area contributed by atoms with Crippen LogP contribution in [0.25, 0.3) is 22.1 Å². The van der Waals surface area contributed by atoms with E-state index < -0.39 is 6.09 Å². The molecule has 2 N–H and O–H groups in total. The summed E-state index contributed by atoms with van der Waals surface area (Å²) in [4.78, 5) is 22.7. The number of rotatable bonds is 0. The SMILES string of the molecule is O=C(O)n1ccc2cc(C#Cc3nc4ccccc4[nH]3)cnc21. The highest BCUT2D eigenvalue weighted by atomic mass is 16.4. The summed E-state index contributed by atoms with van der Waals surface area (Å²) in [5.74, 6) is 6.53. The third-order valence-corrected chi connectivity index (χ3v) is 3.45. The maximum atomic E-state index is 11.0. The first-order chi connectivity index (χ1) is 11.2. The van der Waals surface area contributed by atoms with Crippen molar-refractivity contribution in [3.05, 3.63) is 60.2 Å². The van der Waals surface area contributed by atoms with E-state index in [0.29, 0.717) is 17.0 Å². The molecule has 3 aromatic heterocycles. The molecule has 0 fully saturated rings. The summed E-state index contributed by atoms with van der Waals surface area (Å²) in [7, 11) is 0. The van der Waals surface area contributed by atoms with Crippen molar-refractivity contribution in [2.75, 3.05) is 0 Å². The van der Waals surface area contributed by atoms with Crippen molar-refractivity contribution >= 4 is 28.2 Å². The molecule has 3 heterocycles. The smallest absolute Gasteiger partial charge is 0.417 e. The molecule has 0 aliphatic carbocycles. The molecule has 1 aromatic carbocycles. The van der Waals surface area contributed by atoms with Crippen LogP contribution in [0.4, 0.5) is 4.79 Å². The molecule has 0 unspecified atom stereocenters. The summed E-state index contributed by atoms with van der Waals surface area (Å²) in [6.07, 6.45) is 1.96. The molecule has 0 aliphatic rings. The highest BCUT2D eigenvalue weighted by Crippen LogP contribution is 2.14. The van der Waals surface area contributed by atoms with E-state index in [0.717, 1.165) is 21.0 Å². The van der Waals surface area contributed by atoms with Gasteiger partial charge in [-0.3, -0.25) is 0 Å². The monoisotopic (exact) mass is 302 g/mol. The van der Waals surface area contributed by atoms with Crippen LogP contribution in [0.2, 0.25) is 0 Å². The molecule has 6 nitrogen and oxygen atoms in total. The van der Waals surface area contributed by atoms with E-state index in [4.69, 9.17) is 5.11 Å². The zero-order valence-corrected chi connectivity index (χ0v) is 11.8. The summed E-state index contributed by atoms with van der Waals surface area (Å²) in [5, 5.41) is 9.77. The van der Waals surface area contributed by atoms with E-state index in [9.17, 15) is 4.79 Å². The van der Waals surface area contributed by atoms with Gasteiger partial charge in [0.15, 0.2) is 5.82 Å². The maximum absolute atomic E-state index is 11.0. The lowest BCUT2D eigenvalue weighted by atomic mass is 10.2. The number of fused-ring (bicyclic) bond motifs is 2. The third kappa shape index (κ3) is 2.30. The standard InChI is InChI=1S/C17H10N4O2/c22-17(23)21-8-7-12-9-11(10-18-16(12)21)5-6-15-19-13-3-1-2-4-14(13)20-15/h1-4,7-10H,(H,19,20)(H,22,23). The number of carboxylic acid groups (broad SMARTS) is 1. The lowest BCUT2D eigenvalue weighted by Gasteiger charge is -1.96. The number of para-hydroxylation sites is 2. The second kappa shape index (κ2) is 5.00. The number of imidazole rings is 1. The maximum Gasteiger partial charge on any atom is 0.417 e. The fourth-order valence-electron chi connectivity index (χ4n) is 2.39. The van der Waals surface area contributed by atoms with E-state index in [2.05, 4.69) is 26.8 Å². The quantitative estimate of drug-likeness (QED) is 0.489. The van der Waals surface area contributed by atoms with Gasteiger partial charge in [0.05, 0.1) is 11.0 Å². The van der Waals surface area contributed by atoms with E-state index in [1.165, 1.54) is 6.20 Å². The lowest BCUT2D eigenvalue weighted by Crippen LogP contribution is -2.06. The van der Waals surface area contributed by atoms with Crippen molar-refractivity contribution < 1.29 is 9.90 Å². The van der Waals surface area contributed by atoms with Gasteiger partial charge in [-0.1, -0.05) is 18.1 Å². The van der Waals surface area contributed by atoms with E-state index in [-0.39, 0.29) is 0 Å². The summed E-state index contributed by atoms with van der Waals surface area (Å²) < 4.78 is 1.08. The van der Waals surface area contributed by atoms with Crippen LogP contribution in [0.15, 0.2) is 48.8 Å². The summed E-state index contributed by atoms with van der Waals surface area (Å²) >= 11 is 0. The molecule has 0 spiro atoms. The van der Waals surface area contributed by atoms with Crippen molar-refractivity contribution in [1.82, 2.24) is 19.5 Å². The molecular formula is C17H10N4O2. The van der Waals surface area contributed by atoms with Gasteiger partial charge < -0.3 is 10.1 Å². The van der Waals surface area contributed by atoms with Gasteiger partial charge in [0.2, 0.25) is 0 Å². The van der Waals surface area contributed by atoms with Crippen LogP contribution in [0.1, 0.15) is 11.4 Å². The van der Waals surface area contributed by atoms with E-state index in [1.54, 1.807) is 18.3 Å². The average Bonchev–Trinajstić information content (AvgIpc) is 3.15. The second-order valence-electron chi connectivity index (χ2n) is 4.96. The first-order valence-corrected chi connectivity index (χ1v) is 6.88. The van der Waals surface area contributed by atoms with Gasteiger partial charge in [0.1, 0.15) is 5.65 Å². The van der Waals surface area contributed by atoms with Gasteiger partial charge >= 0.3 is 6.09 Å². The normalized spacial score (nSPS) is 10.6. The van der Waals surface area contributed by atoms with Crippen LogP contribution in [-0.2, 0) is 0 Å². The topological polar surface area (TPSA) is 83.8 Å². The first-order valence-electron chi connectivity index (χ1n) is 6.88. The first kappa shape index (κ1) is 13.1. The highest BCUT2D eigenvalue weighted by Gasteiger charge is 2.07. The van der Waals surface area contributed by atoms with E-state index >= 15 is 0 Å². The summed E-state index contributed by atoms with van der Waals surface area (Å²) in [6, 6.07) is 11.2. The molecule has 110 valence electrons. The Kier molecular flexibility index (Phi) is 2.85. The minimum absolute atomic E-state index is 0.395. The van der Waals surface area contributed by atoms with Crippen LogP contribution in [-0.4, -0.2) is 30.7 Å². The van der Waals surface area contributed by atoms with Gasteiger partial charge in [0.25, 0.3) is 0 Å². The molecule has 0 amide bonds. The minimum Gasteiger partial charge on any atom is -0.464 e. The Labute approximate surface area is 130 Å². The van der Waals surface area contributed by atoms with Crippen molar-refractivity contribution in [3.8, 4) is 11.8 Å². The minimum atomic E-state index is -1.06. The fourth-order valence-corrected chi connectivity index (χ4v) is 2.39. The number of hydrogen-bond acceptors (Lipinski definition) is 3. The predicted molar refractivity (Wildman–Crippen MR) is 85.2 cm³/mol. The number of nitrogens with zero attached hydrogens (tertiary/aromatic N) is 3. The summed E-state index contributed by atoms with van der Waals surface area (Å²) in [5.41, 5.74) is 2.89. The zero-order valence-electron chi connectivity index (χ0n) is 11.8. The van der Waals surface area contributed by atoms with Crippen LogP contribution in [0.5, 0.6) is 0 Å².